The van der Waals surface area contributed by atoms with Gasteiger partial charge in [0.25, 0.3) is 7.82 Å². The highest BCUT2D eigenvalue weighted by atomic mass is 31.2. The zero-order chi connectivity index (χ0) is 47.8. The quantitative estimate of drug-likeness (QED) is 0.0272. The van der Waals surface area contributed by atoms with Crippen molar-refractivity contribution in [2.75, 3.05) is 40.9 Å². The largest absolute Gasteiger partial charge is 0.756 e. The van der Waals surface area contributed by atoms with E-state index >= 15 is 0 Å². The average molecular weight is 939 g/mol. The van der Waals surface area contributed by atoms with Gasteiger partial charge in [0.2, 0.25) is 5.91 Å². The van der Waals surface area contributed by atoms with E-state index in [2.05, 4.69) is 31.3 Å². The molecule has 0 aliphatic heterocycles. The summed E-state index contributed by atoms with van der Waals surface area (Å²) in [5, 5.41) is 13.9. The summed E-state index contributed by atoms with van der Waals surface area (Å²) in [6, 6.07) is -0.899. The summed E-state index contributed by atoms with van der Waals surface area (Å²) in [6.45, 7) is 4.67. The molecule has 0 fully saturated rings. The first-order valence-corrected chi connectivity index (χ1v) is 29.7. The Kier molecular flexibility index (Phi) is 47.3. The Morgan fingerprint density at radius 2 is 0.862 bits per heavy atom. The SMILES string of the molecule is CCCCCCCCCCCCCC/C=C/CC/C=C/C(O)C(COP(=O)([O-])OCC[N+](C)(C)C)NC(=O)CCCCCCCCCCCCCCCCCCCCCCCCCCC. The second-order valence-electron chi connectivity index (χ2n) is 20.6. The maximum Gasteiger partial charge on any atom is 0.268 e. The summed E-state index contributed by atoms with van der Waals surface area (Å²) < 4.78 is 23.3. The molecule has 0 heterocycles. The summed E-state index contributed by atoms with van der Waals surface area (Å²) in [5.41, 5.74) is 0. The Labute approximate surface area is 404 Å². The molecule has 9 heteroatoms. The van der Waals surface area contributed by atoms with Crippen LogP contribution in [0.25, 0.3) is 0 Å². The van der Waals surface area contributed by atoms with Crippen LogP contribution in [0.15, 0.2) is 24.3 Å². The molecule has 0 bridgehead atoms. The number of likely N-dealkylation sites (N-methyl/N-ethyl adjacent to an activating group) is 1. The molecule has 3 unspecified atom stereocenters. The van der Waals surface area contributed by atoms with Gasteiger partial charge in [-0.1, -0.05) is 263 Å². The molecule has 0 aliphatic carbocycles. The van der Waals surface area contributed by atoms with E-state index in [1.54, 1.807) is 6.08 Å². The summed E-state index contributed by atoms with van der Waals surface area (Å²) in [4.78, 5) is 25.5. The molecule has 0 aromatic carbocycles. The van der Waals surface area contributed by atoms with Crippen LogP contribution >= 0.6 is 7.82 Å². The number of quaternary nitrogens is 1. The summed E-state index contributed by atoms with van der Waals surface area (Å²) in [7, 11) is 1.26. The van der Waals surface area contributed by atoms with Crippen molar-refractivity contribution in [2.45, 2.75) is 289 Å². The lowest BCUT2D eigenvalue weighted by Gasteiger charge is -2.29. The van der Waals surface area contributed by atoms with Gasteiger partial charge < -0.3 is 28.8 Å². The van der Waals surface area contributed by atoms with Crippen LogP contribution in [0.5, 0.6) is 0 Å². The minimum atomic E-state index is -4.60. The molecule has 3 atom stereocenters. The predicted molar refractivity (Wildman–Crippen MR) is 279 cm³/mol. The fraction of sp³-hybridized carbons (Fsp3) is 0.911. The molecule has 0 radical (unpaired) electrons. The molecule has 2 N–H and O–H groups in total. The average Bonchev–Trinajstić information content (AvgIpc) is 3.26. The highest BCUT2D eigenvalue weighted by Gasteiger charge is 2.23. The Morgan fingerprint density at radius 1 is 0.523 bits per heavy atom. The molecule has 1 amide bonds. The van der Waals surface area contributed by atoms with E-state index in [1.807, 2.05) is 27.2 Å². The van der Waals surface area contributed by atoms with Crippen LogP contribution in [0.3, 0.4) is 0 Å². The number of phosphoric acid groups is 1. The van der Waals surface area contributed by atoms with E-state index in [4.69, 9.17) is 9.05 Å². The number of carbonyl (C=O) groups excluding carboxylic acids is 1. The van der Waals surface area contributed by atoms with Crippen molar-refractivity contribution in [1.82, 2.24) is 5.32 Å². The number of rotatable bonds is 52. The lowest BCUT2D eigenvalue weighted by Crippen LogP contribution is -2.45. The molecule has 0 aliphatic rings. The van der Waals surface area contributed by atoms with E-state index < -0.39 is 20.0 Å². The van der Waals surface area contributed by atoms with Crippen molar-refractivity contribution in [3.8, 4) is 0 Å². The van der Waals surface area contributed by atoms with Crippen molar-refractivity contribution in [2.24, 2.45) is 0 Å². The zero-order valence-corrected chi connectivity index (χ0v) is 44.9. The number of amides is 1. The van der Waals surface area contributed by atoms with Crippen LogP contribution < -0.4 is 10.2 Å². The minimum Gasteiger partial charge on any atom is -0.756 e. The molecular weight excluding hydrogens is 828 g/mol. The third kappa shape index (κ3) is 50.7. The Morgan fingerprint density at radius 3 is 1.25 bits per heavy atom. The van der Waals surface area contributed by atoms with Gasteiger partial charge in [0.05, 0.1) is 39.9 Å². The number of hydrogen-bond acceptors (Lipinski definition) is 6. The van der Waals surface area contributed by atoms with Crippen LogP contribution in [-0.2, 0) is 18.4 Å². The summed E-state index contributed by atoms with van der Waals surface area (Å²) in [5.74, 6) is -0.201. The lowest BCUT2D eigenvalue weighted by molar-refractivity contribution is -0.870. The number of aliphatic hydroxyl groups excluding tert-OH is 1. The zero-order valence-electron chi connectivity index (χ0n) is 44.0. The number of allylic oxidation sites excluding steroid dienone is 3. The number of phosphoric ester groups is 1. The van der Waals surface area contributed by atoms with Crippen LogP contribution in [0, 0.1) is 0 Å². The van der Waals surface area contributed by atoms with Gasteiger partial charge in [0, 0.05) is 6.42 Å². The molecular formula is C56H111N2O6P. The van der Waals surface area contributed by atoms with Gasteiger partial charge in [-0.25, -0.2) is 0 Å². The van der Waals surface area contributed by atoms with E-state index in [0.29, 0.717) is 17.4 Å². The van der Waals surface area contributed by atoms with Gasteiger partial charge in [-0.15, -0.1) is 0 Å². The van der Waals surface area contributed by atoms with Gasteiger partial charge >= 0.3 is 0 Å². The van der Waals surface area contributed by atoms with Crippen molar-refractivity contribution in [3.05, 3.63) is 24.3 Å². The molecule has 8 nitrogen and oxygen atoms in total. The molecule has 0 saturated carbocycles. The number of nitrogens with one attached hydrogen (secondary N) is 1. The molecule has 386 valence electrons. The normalized spacial score (nSPS) is 14.1. The Bertz CT molecular complexity index is 1110. The fourth-order valence-electron chi connectivity index (χ4n) is 8.47. The monoisotopic (exact) mass is 939 g/mol. The van der Waals surface area contributed by atoms with Crippen LogP contribution in [0.4, 0.5) is 0 Å². The Balaban J connectivity index is 4.20. The van der Waals surface area contributed by atoms with Crippen molar-refractivity contribution >= 4 is 13.7 Å². The Hall–Kier alpha value is -1.02. The smallest absolute Gasteiger partial charge is 0.268 e. The van der Waals surface area contributed by atoms with Crippen molar-refractivity contribution in [1.29, 1.82) is 0 Å². The minimum absolute atomic E-state index is 0.00379. The van der Waals surface area contributed by atoms with Gasteiger partial charge in [-0.3, -0.25) is 9.36 Å². The second kappa shape index (κ2) is 48.0. The van der Waals surface area contributed by atoms with Crippen LogP contribution in [0.2, 0.25) is 0 Å². The van der Waals surface area contributed by atoms with Crippen molar-refractivity contribution in [3.63, 3.8) is 0 Å². The number of unbranched alkanes of at least 4 members (excludes halogenated alkanes) is 37. The van der Waals surface area contributed by atoms with Gasteiger partial charge in [-0.2, -0.15) is 0 Å². The molecule has 0 spiro atoms. The van der Waals surface area contributed by atoms with E-state index in [-0.39, 0.29) is 19.1 Å². The highest BCUT2D eigenvalue weighted by molar-refractivity contribution is 7.45. The first-order chi connectivity index (χ1) is 31.5. The predicted octanol–water partition coefficient (Wildman–Crippen LogP) is 16.2. The number of carbonyl (C=O) groups is 1. The molecule has 0 aromatic rings. The first-order valence-electron chi connectivity index (χ1n) is 28.2. The molecule has 0 rings (SSSR count). The molecule has 0 saturated heterocycles. The standard InChI is InChI=1S/C56H111N2O6P/c1-6-8-10-12-14-16-18-20-22-24-26-27-28-29-30-31-32-34-36-38-40-42-44-46-48-50-56(60)57-54(53-64-65(61,62)63-52-51-58(3,4)5)55(59)49-47-45-43-41-39-37-35-33-25-23-21-19-17-15-13-11-9-7-2/h39,41,47,49,54-55,59H,6-38,40,42-46,48,50-53H2,1-5H3,(H-,57,60,61,62)/b41-39+,49-47+. The maximum atomic E-state index is 12.9. The highest BCUT2D eigenvalue weighted by Crippen LogP contribution is 2.38. The number of hydrogen-bond donors (Lipinski definition) is 2. The van der Waals surface area contributed by atoms with Gasteiger partial charge in [0.1, 0.15) is 13.2 Å². The second-order valence-corrected chi connectivity index (χ2v) is 22.1. The van der Waals surface area contributed by atoms with Crippen molar-refractivity contribution < 1.29 is 32.9 Å². The fourth-order valence-corrected chi connectivity index (χ4v) is 9.19. The third-order valence-electron chi connectivity index (χ3n) is 12.9. The van der Waals surface area contributed by atoms with E-state index in [9.17, 15) is 19.4 Å². The third-order valence-corrected chi connectivity index (χ3v) is 13.9. The molecule has 0 aromatic heterocycles. The van der Waals surface area contributed by atoms with Gasteiger partial charge in [0.15, 0.2) is 0 Å². The summed E-state index contributed by atoms with van der Waals surface area (Å²) in [6.07, 6.45) is 59.7. The van der Waals surface area contributed by atoms with Crippen LogP contribution in [-0.4, -0.2) is 68.5 Å². The number of nitrogens with zero attached hydrogens (tertiary/aromatic N) is 1. The van der Waals surface area contributed by atoms with Gasteiger partial charge in [-0.05, 0) is 32.1 Å². The lowest BCUT2D eigenvalue weighted by atomic mass is 10.0. The molecule has 65 heavy (non-hydrogen) atoms. The maximum absolute atomic E-state index is 12.9. The topological polar surface area (TPSA) is 108 Å². The van der Waals surface area contributed by atoms with E-state index in [1.165, 1.54) is 218 Å². The van der Waals surface area contributed by atoms with Crippen LogP contribution in [0.1, 0.15) is 277 Å². The van der Waals surface area contributed by atoms with E-state index in [0.717, 1.165) is 38.5 Å². The summed E-state index contributed by atoms with van der Waals surface area (Å²) >= 11 is 0. The first kappa shape index (κ1) is 64.0. The number of aliphatic hydroxyl groups is 1.